The highest BCUT2D eigenvalue weighted by atomic mass is 32.2. The van der Waals surface area contributed by atoms with Gasteiger partial charge in [0.1, 0.15) is 11.1 Å². The summed E-state index contributed by atoms with van der Waals surface area (Å²) in [5.74, 6) is -1.99. The number of hydrogen-bond acceptors (Lipinski definition) is 7. The van der Waals surface area contributed by atoms with E-state index >= 15 is 0 Å². The molecule has 0 aromatic carbocycles. The van der Waals surface area contributed by atoms with Crippen molar-refractivity contribution in [3.63, 3.8) is 0 Å². The van der Waals surface area contributed by atoms with Crippen molar-refractivity contribution < 1.29 is 23.9 Å². The molecule has 7 nitrogen and oxygen atoms in total. The van der Waals surface area contributed by atoms with Crippen LogP contribution >= 0.6 is 23.5 Å². The van der Waals surface area contributed by atoms with Crippen molar-refractivity contribution in [2.45, 2.75) is 51.8 Å². The summed E-state index contributed by atoms with van der Waals surface area (Å²) in [5, 5.41) is 9.45. The van der Waals surface area contributed by atoms with Crippen LogP contribution in [0.2, 0.25) is 13.1 Å². The number of hydrogen-bond donors (Lipinski definition) is 1. The molecule has 167 valence electrons. The number of nitrogens with zero attached hydrogens (tertiary/aromatic N) is 2. The molecule has 0 aliphatic carbocycles. The summed E-state index contributed by atoms with van der Waals surface area (Å²) in [7, 11) is -1.11. The monoisotopic (exact) mass is 479 g/mol. The first kappa shape index (κ1) is 24.0. The molecule has 31 heavy (non-hydrogen) atoms. The van der Waals surface area contributed by atoms with Gasteiger partial charge in [0.2, 0.25) is 14.9 Å². The second kappa shape index (κ2) is 8.72. The van der Waals surface area contributed by atoms with Gasteiger partial charge >= 0.3 is 5.97 Å². The van der Waals surface area contributed by atoms with E-state index in [9.17, 15) is 19.5 Å². The lowest BCUT2D eigenvalue weighted by atomic mass is 9.66. The quantitative estimate of drug-likeness (QED) is 0.341. The van der Waals surface area contributed by atoms with Crippen LogP contribution in [0.1, 0.15) is 38.2 Å². The Morgan fingerprint density at radius 3 is 2.48 bits per heavy atom. The van der Waals surface area contributed by atoms with E-state index in [1.165, 1.54) is 16.7 Å². The zero-order chi connectivity index (χ0) is 23.1. The second-order valence-corrected chi connectivity index (χ2v) is 13.3. The van der Waals surface area contributed by atoms with Crippen LogP contribution < -0.4 is 0 Å². The minimum Gasteiger partial charge on any atom is -0.477 e. The lowest BCUT2D eigenvalue weighted by molar-refractivity contribution is -0.173. The highest BCUT2D eigenvalue weighted by molar-refractivity contribution is 8.23. The second-order valence-electron chi connectivity index (χ2n) is 8.93. The number of carboxylic acid groups (broad SMARTS) is 1. The van der Waals surface area contributed by atoms with Crippen LogP contribution in [0.15, 0.2) is 34.3 Å². The van der Waals surface area contributed by atoms with Gasteiger partial charge in [0.05, 0.1) is 21.5 Å². The molecular weight excluding hydrogens is 452 g/mol. The summed E-state index contributed by atoms with van der Waals surface area (Å²) in [4.78, 5) is 43.0. The largest absolute Gasteiger partial charge is 0.477 e. The molecule has 0 bridgehead atoms. The van der Waals surface area contributed by atoms with E-state index in [2.05, 4.69) is 4.98 Å². The Hall–Kier alpha value is -1.62. The fraction of sp³-hybridized carbons (Fsp3) is 0.524. The van der Waals surface area contributed by atoms with Gasteiger partial charge < -0.3 is 9.53 Å². The first-order valence-corrected chi connectivity index (χ1v) is 14.2. The number of thioether (sulfide) groups is 2. The minimum absolute atomic E-state index is 0.0372. The van der Waals surface area contributed by atoms with Crippen LogP contribution in [-0.4, -0.2) is 58.4 Å². The van der Waals surface area contributed by atoms with Crippen molar-refractivity contribution in [2.24, 2.45) is 11.3 Å². The number of ketones is 1. The molecule has 1 aromatic rings. The lowest BCUT2D eigenvalue weighted by Gasteiger charge is -2.56. The fourth-order valence-corrected chi connectivity index (χ4v) is 7.83. The number of fused-ring (bicyclic) bond motifs is 1. The predicted octanol–water partition coefficient (Wildman–Crippen LogP) is 3.86. The summed E-state index contributed by atoms with van der Waals surface area (Å²) in [6.45, 7) is 12.1. The lowest BCUT2D eigenvalue weighted by Crippen LogP contribution is -2.69. The Morgan fingerprint density at radius 2 is 1.97 bits per heavy atom. The number of carbonyl (C=O) groups is 3. The van der Waals surface area contributed by atoms with Gasteiger partial charge in [0, 0.05) is 6.20 Å². The normalized spacial score (nSPS) is 22.9. The maximum atomic E-state index is 13.2. The van der Waals surface area contributed by atoms with Crippen molar-refractivity contribution in [2.75, 3.05) is 5.75 Å². The van der Waals surface area contributed by atoms with Gasteiger partial charge in [0.15, 0.2) is 11.5 Å². The van der Waals surface area contributed by atoms with Gasteiger partial charge in [-0.15, -0.1) is 11.8 Å². The number of aliphatic carboxylic acids is 1. The van der Waals surface area contributed by atoms with Gasteiger partial charge in [-0.25, -0.2) is 4.79 Å². The summed E-state index contributed by atoms with van der Waals surface area (Å²) >= 11 is 2.49. The molecule has 2 aliphatic heterocycles. The van der Waals surface area contributed by atoms with E-state index in [1.54, 1.807) is 24.4 Å². The van der Waals surface area contributed by atoms with Crippen LogP contribution in [0.25, 0.3) is 0 Å². The van der Waals surface area contributed by atoms with E-state index in [1.807, 2.05) is 40.8 Å². The molecule has 10 heteroatoms. The molecular formula is C21H27N2O5S2Si. The third-order valence-corrected chi connectivity index (χ3v) is 9.16. The summed E-state index contributed by atoms with van der Waals surface area (Å²) in [6.07, 6.45) is 1.55. The summed E-state index contributed by atoms with van der Waals surface area (Å²) < 4.78 is 6.86. The molecule has 3 atom stereocenters. The number of β-lactam (4-membered cyclic amide) rings is 1. The van der Waals surface area contributed by atoms with Gasteiger partial charge in [0.25, 0.3) is 0 Å². The summed E-state index contributed by atoms with van der Waals surface area (Å²) in [5.41, 5.74) is -0.758. The van der Waals surface area contributed by atoms with Crippen LogP contribution in [0.4, 0.5) is 0 Å². The van der Waals surface area contributed by atoms with Crippen molar-refractivity contribution in [3.8, 4) is 0 Å². The highest BCUT2D eigenvalue weighted by Gasteiger charge is 2.65. The van der Waals surface area contributed by atoms with Crippen LogP contribution in [0.5, 0.6) is 0 Å². The number of aromatic nitrogens is 1. The zero-order valence-electron chi connectivity index (χ0n) is 18.5. The van der Waals surface area contributed by atoms with E-state index in [0.29, 0.717) is 9.93 Å². The zero-order valence-corrected chi connectivity index (χ0v) is 21.1. The van der Waals surface area contributed by atoms with E-state index in [-0.39, 0.29) is 33.9 Å². The van der Waals surface area contributed by atoms with E-state index < -0.39 is 26.5 Å². The number of Topliss-reactive ketones (excluding diaryl/α,β-unsaturated/α-hetero) is 1. The fourth-order valence-electron chi connectivity index (χ4n) is 3.73. The van der Waals surface area contributed by atoms with Crippen molar-refractivity contribution >= 4 is 50.2 Å². The SMILES string of the molecule is C[Si](C)O[C@@](C)([C@@H]1C(=O)N2C(C(=O)O)=C(SCC(=O)c3ccccn3)S[C@H]12)C(C)(C)C. The Bertz CT molecular complexity index is 931. The molecule has 1 radical (unpaired) electrons. The highest BCUT2D eigenvalue weighted by Crippen LogP contribution is 2.58. The molecule has 1 amide bonds. The number of amides is 1. The van der Waals surface area contributed by atoms with Crippen LogP contribution in [-0.2, 0) is 14.0 Å². The average molecular weight is 480 g/mol. The Morgan fingerprint density at radius 1 is 1.29 bits per heavy atom. The first-order valence-electron chi connectivity index (χ1n) is 9.92. The molecule has 0 saturated carbocycles. The standard InChI is InChI=1S/C21H27N2O5S2Si/c1-20(2,3)21(4,28-31(5)6)14-16(25)23-15(18(26)27)19(30-17(14)23)29-11-13(24)12-9-7-8-10-22-12/h7-10,14,17H,11H2,1-6H3,(H,26,27)/t14-,17-,21+/m1/s1. The molecule has 2 aliphatic rings. The average Bonchev–Trinajstić information content (AvgIpc) is 2.99. The molecule has 1 saturated heterocycles. The van der Waals surface area contributed by atoms with Crippen LogP contribution in [0.3, 0.4) is 0 Å². The van der Waals surface area contributed by atoms with E-state index in [4.69, 9.17) is 4.43 Å². The van der Waals surface area contributed by atoms with Crippen molar-refractivity contribution in [1.29, 1.82) is 0 Å². The first-order chi connectivity index (χ1) is 14.4. The molecule has 3 heterocycles. The third kappa shape index (κ3) is 4.35. The Labute approximate surface area is 192 Å². The molecule has 0 unspecified atom stereocenters. The topological polar surface area (TPSA) is 96.8 Å². The van der Waals surface area contributed by atoms with Gasteiger partial charge in [-0.3, -0.25) is 19.5 Å². The molecule has 3 rings (SSSR count). The number of carboxylic acids is 1. The van der Waals surface area contributed by atoms with Crippen molar-refractivity contribution in [3.05, 3.63) is 40.0 Å². The Kier molecular flexibility index (Phi) is 6.76. The molecule has 0 spiro atoms. The number of carbonyl (C=O) groups excluding carboxylic acids is 2. The Balaban J connectivity index is 1.83. The molecule has 1 N–H and O–H groups in total. The van der Waals surface area contributed by atoms with Crippen molar-refractivity contribution in [1.82, 2.24) is 9.88 Å². The van der Waals surface area contributed by atoms with Crippen LogP contribution in [0, 0.1) is 11.3 Å². The predicted molar refractivity (Wildman–Crippen MR) is 124 cm³/mol. The minimum atomic E-state index is -1.16. The third-order valence-electron chi connectivity index (χ3n) is 5.69. The molecule has 1 fully saturated rings. The smallest absolute Gasteiger partial charge is 0.354 e. The van der Waals surface area contributed by atoms with Gasteiger partial charge in [-0.2, -0.15) is 0 Å². The number of rotatable bonds is 8. The maximum Gasteiger partial charge on any atom is 0.354 e. The van der Waals surface area contributed by atoms with Gasteiger partial charge in [-0.05, 0) is 37.6 Å². The molecule has 1 aromatic heterocycles. The van der Waals surface area contributed by atoms with Gasteiger partial charge in [-0.1, -0.05) is 38.6 Å². The number of pyridine rings is 1. The maximum absolute atomic E-state index is 13.2. The summed E-state index contributed by atoms with van der Waals surface area (Å²) in [6, 6.07) is 5.09. The van der Waals surface area contributed by atoms with E-state index in [0.717, 1.165) is 11.8 Å².